The number of β-amino-alcohol motifs (C(OH)–C–C–N with tert-alkyl or cyclic N) is 1. The number of benzene rings is 1. The van der Waals surface area contributed by atoms with E-state index in [0.29, 0.717) is 5.56 Å². The molecule has 1 aliphatic carbocycles. The van der Waals surface area contributed by atoms with Gasteiger partial charge in [0, 0.05) is 12.0 Å². The highest BCUT2D eigenvalue weighted by molar-refractivity contribution is 6.05. The molecule has 1 aromatic rings. The number of carbonyl (C=O) groups is 2. The highest BCUT2D eigenvalue weighted by atomic mass is 19.1. The maximum absolute atomic E-state index is 13.5. The van der Waals surface area contributed by atoms with Gasteiger partial charge in [-0.15, -0.1) is 0 Å². The Bertz CT molecular complexity index is 642. The van der Waals surface area contributed by atoms with Crippen molar-refractivity contribution in [1.82, 2.24) is 4.90 Å². The van der Waals surface area contributed by atoms with E-state index in [0.717, 1.165) is 32.1 Å². The van der Waals surface area contributed by atoms with Crippen molar-refractivity contribution in [3.05, 3.63) is 35.6 Å². The number of amides is 2. The van der Waals surface area contributed by atoms with Crippen LogP contribution < -0.4 is 0 Å². The molecular formula is C19H24FNO4. The zero-order valence-corrected chi connectivity index (χ0v) is 14.2. The summed E-state index contributed by atoms with van der Waals surface area (Å²) in [6, 6.07) is 6.27. The topological polar surface area (TPSA) is 66.8 Å². The Labute approximate surface area is 146 Å². The van der Waals surface area contributed by atoms with E-state index in [1.54, 1.807) is 18.2 Å². The van der Waals surface area contributed by atoms with Crippen molar-refractivity contribution in [3.8, 4) is 0 Å². The molecule has 1 aliphatic heterocycles. The lowest BCUT2D eigenvalue weighted by atomic mass is 9.73. The molecule has 1 atom stereocenters. The van der Waals surface area contributed by atoms with Crippen LogP contribution in [0.4, 0.5) is 4.39 Å². The molecule has 1 aromatic carbocycles. The zero-order chi connectivity index (χ0) is 17.9. The van der Waals surface area contributed by atoms with E-state index >= 15 is 0 Å². The first-order valence-corrected chi connectivity index (χ1v) is 8.86. The largest absolute Gasteiger partial charge is 0.389 e. The van der Waals surface area contributed by atoms with Crippen LogP contribution in [0.25, 0.3) is 0 Å². The number of rotatable bonds is 6. The van der Waals surface area contributed by atoms with Crippen molar-refractivity contribution in [2.24, 2.45) is 5.41 Å². The highest BCUT2D eigenvalue weighted by Crippen LogP contribution is 2.45. The number of carbonyl (C=O) groups excluding carboxylic acids is 2. The molecule has 3 rings (SSSR count). The van der Waals surface area contributed by atoms with Crippen molar-refractivity contribution in [3.63, 3.8) is 0 Å². The standard InChI is InChI=1S/C19H24FNO4/c20-16-7-3-2-6-14(16)12-25-13-15(22)11-21-17(23)10-19(18(21)24)8-4-1-5-9-19/h2-3,6-7,15,22H,1,4-5,8-13H2/t15-/m0/s1. The van der Waals surface area contributed by atoms with E-state index < -0.39 is 11.5 Å². The van der Waals surface area contributed by atoms with E-state index in [1.165, 1.54) is 11.0 Å². The normalized spacial score (nSPS) is 21.1. The first-order chi connectivity index (χ1) is 12.0. The lowest BCUT2D eigenvalue weighted by Gasteiger charge is -2.30. The minimum atomic E-state index is -0.974. The van der Waals surface area contributed by atoms with Crippen molar-refractivity contribution >= 4 is 11.8 Å². The van der Waals surface area contributed by atoms with Crippen LogP contribution in [0.15, 0.2) is 24.3 Å². The molecule has 0 radical (unpaired) electrons. The minimum Gasteiger partial charge on any atom is -0.389 e. The fourth-order valence-corrected chi connectivity index (χ4v) is 3.85. The molecule has 25 heavy (non-hydrogen) atoms. The van der Waals surface area contributed by atoms with Crippen molar-refractivity contribution in [2.75, 3.05) is 13.2 Å². The van der Waals surface area contributed by atoms with Gasteiger partial charge in [0.2, 0.25) is 11.8 Å². The Kier molecular flexibility index (Phi) is 5.49. The van der Waals surface area contributed by atoms with E-state index in [9.17, 15) is 19.1 Å². The first-order valence-electron chi connectivity index (χ1n) is 8.86. The molecule has 1 N–H and O–H groups in total. The molecule has 2 fully saturated rings. The quantitative estimate of drug-likeness (QED) is 0.801. The maximum Gasteiger partial charge on any atom is 0.235 e. The molecule has 0 aromatic heterocycles. The van der Waals surface area contributed by atoms with Gasteiger partial charge >= 0.3 is 0 Å². The number of likely N-dealkylation sites (tertiary alicyclic amines) is 1. The van der Waals surface area contributed by atoms with Gasteiger partial charge in [-0.3, -0.25) is 14.5 Å². The first kappa shape index (κ1) is 18.0. The number of halogens is 1. The highest BCUT2D eigenvalue weighted by Gasteiger charge is 2.51. The summed E-state index contributed by atoms with van der Waals surface area (Å²) in [6.45, 7) is -0.0787. The number of aliphatic hydroxyl groups excluding tert-OH is 1. The lowest BCUT2D eigenvalue weighted by Crippen LogP contribution is -2.42. The van der Waals surface area contributed by atoms with Crippen molar-refractivity contribution < 1.29 is 23.8 Å². The lowest BCUT2D eigenvalue weighted by molar-refractivity contribution is -0.144. The fourth-order valence-electron chi connectivity index (χ4n) is 3.85. The Balaban J connectivity index is 1.51. The van der Waals surface area contributed by atoms with Crippen LogP contribution in [0.5, 0.6) is 0 Å². The number of imide groups is 1. The Morgan fingerprint density at radius 3 is 2.64 bits per heavy atom. The molecule has 0 bridgehead atoms. The SMILES string of the molecule is O=C1CC2(CCCCC2)C(=O)N1C[C@H](O)COCc1ccccc1F. The third-order valence-corrected chi connectivity index (χ3v) is 5.22. The summed E-state index contributed by atoms with van der Waals surface area (Å²) in [4.78, 5) is 26.1. The molecule has 5 nitrogen and oxygen atoms in total. The summed E-state index contributed by atoms with van der Waals surface area (Å²) < 4.78 is 18.8. The molecule has 1 heterocycles. The van der Waals surface area contributed by atoms with E-state index in [1.807, 2.05) is 0 Å². The second-order valence-corrected chi connectivity index (χ2v) is 7.09. The van der Waals surface area contributed by atoms with Crippen molar-refractivity contribution in [2.45, 2.75) is 51.2 Å². The fraction of sp³-hybridized carbons (Fsp3) is 0.579. The van der Waals surface area contributed by atoms with Crippen molar-refractivity contribution in [1.29, 1.82) is 0 Å². The van der Waals surface area contributed by atoms with E-state index in [-0.39, 0.29) is 43.8 Å². The van der Waals surface area contributed by atoms with Crippen LogP contribution in [-0.4, -0.2) is 41.1 Å². The Hall–Kier alpha value is -1.79. The van der Waals surface area contributed by atoms with Gasteiger partial charge < -0.3 is 9.84 Å². The molecule has 2 amide bonds. The number of hydrogen-bond acceptors (Lipinski definition) is 4. The Morgan fingerprint density at radius 1 is 1.20 bits per heavy atom. The van der Waals surface area contributed by atoms with Gasteiger partial charge in [0.1, 0.15) is 5.82 Å². The smallest absolute Gasteiger partial charge is 0.235 e. The second-order valence-electron chi connectivity index (χ2n) is 7.09. The average molecular weight is 349 g/mol. The predicted octanol–water partition coefficient (Wildman–Crippen LogP) is 2.41. The van der Waals surface area contributed by atoms with Gasteiger partial charge in [0.25, 0.3) is 0 Å². The van der Waals surface area contributed by atoms with Gasteiger partial charge in [-0.1, -0.05) is 37.5 Å². The summed E-state index contributed by atoms with van der Waals surface area (Å²) in [5, 5.41) is 10.1. The van der Waals surface area contributed by atoms with Crippen LogP contribution in [0.1, 0.15) is 44.1 Å². The number of nitrogens with zero attached hydrogens (tertiary/aromatic N) is 1. The zero-order valence-electron chi connectivity index (χ0n) is 14.2. The molecule has 0 unspecified atom stereocenters. The molecule has 1 saturated carbocycles. The minimum absolute atomic E-state index is 0.0373. The van der Waals surface area contributed by atoms with Crippen LogP contribution in [0, 0.1) is 11.2 Å². The summed E-state index contributed by atoms with van der Waals surface area (Å²) in [5.74, 6) is -0.716. The summed E-state index contributed by atoms with van der Waals surface area (Å²) in [6.07, 6.45) is 3.85. The van der Waals surface area contributed by atoms with Crippen LogP contribution >= 0.6 is 0 Å². The molecule has 1 spiro atoms. The van der Waals surface area contributed by atoms with Gasteiger partial charge in [0.15, 0.2) is 0 Å². The third kappa shape index (κ3) is 3.90. The van der Waals surface area contributed by atoms with Gasteiger partial charge in [-0.05, 0) is 18.9 Å². The summed E-state index contributed by atoms with van der Waals surface area (Å²) in [5.41, 5.74) is -0.132. The maximum atomic E-state index is 13.5. The number of ether oxygens (including phenoxy) is 1. The molecule has 1 saturated heterocycles. The number of aliphatic hydroxyl groups is 1. The van der Waals surface area contributed by atoms with E-state index in [4.69, 9.17) is 4.74 Å². The molecular weight excluding hydrogens is 325 g/mol. The summed E-state index contributed by atoms with van der Waals surface area (Å²) >= 11 is 0. The molecule has 2 aliphatic rings. The van der Waals surface area contributed by atoms with Crippen LogP contribution in [0.3, 0.4) is 0 Å². The average Bonchev–Trinajstić information content (AvgIpc) is 2.81. The van der Waals surface area contributed by atoms with Gasteiger partial charge in [0.05, 0.1) is 31.3 Å². The predicted molar refractivity (Wildman–Crippen MR) is 88.9 cm³/mol. The van der Waals surface area contributed by atoms with E-state index in [2.05, 4.69) is 0 Å². The van der Waals surface area contributed by atoms with Gasteiger partial charge in [-0.25, -0.2) is 4.39 Å². The second kappa shape index (κ2) is 7.62. The Morgan fingerprint density at radius 2 is 1.92 bits per heavy atom. The number of hydrogen-bond donors (Lipinski definition) is 1. The molecule has 6 heteroatoms. The van der Waals surface area contributed by atoms with Crippen LogP contribution in [0.2, 0.25) is 0 Å². The third-order valence-electron chi connectivity index (χ3n) is 5.22. The van der Waals surface area contributed by atoms with Gasteiger partial charge in [-0.2, -0.15) is 0 Å². The van der Waals surface area contributed by atoms with Crippen LogP contribution in [-0.2, 0) is 20.9 Å². The monoisotopic (exact) mass is 349 g/mol. The summed E-state index contributed by atoms with van der Waals surface area (Å²) in [7, 11) is 0. The molecule has 136 valence electrons.